The van der Waals surface area contributed by atoms with Crippen molar-refractivity contribution in [2.24, 2.45) is 0 Å². The van der Waals surface area contributed by atoms with E-state index in [9.17, 15) is 0 Å². The van der Waals surface area contributed by atoms with Crippen molar-refractivity contribution in [2.75, 3.05) is 0 Å². The standard InChI is InChI=1S/C45H31N5/c1-4-15-30(16-5-1)32-19-14-20-33(27-32)44-46-43(31-17-6-2-7-18-31)47-45(48-44)50-40-26-13-11-24-36(40)38-28-41-37(29-42(38)50)35-23-10-12-25-39(35)49(41)34-21-8-3-9-22-34/h1-8,10-21,23-29H,9,22H2. The third-order valence-electron chi connectivity index (χ3n) is 9.83. The fraction of sp³-hybridized carbons (Fsp3) is 0.0444. The van der Waals surface area contributed by atoms with Crippen LogP contribution in [-0.4, -0.2) is 24.1 Å². The molecule has 1 aliphatic rings. The monoisotopic (exact) mass is 641 g/mol. The molecule has 0 bridgehead atoms. The first-order valence-electron chi connectivity index (χ1n) is 17.1. The molecule has 10 rings (SSSR count). The summed E-state index contributed by atoms with van der Waals surface area (Å²) in [4.78, 5) is 15.5. The number of para-hydroxylation sites is 2. The summed E-state index contributed by atoms with van der Waals surface area (Å²) in [6.07, 6.45) is 8.73. The molecule has 9 aromatic rings. The predicted molar refractivity (Wildman–Crippen MR) is 206 cm³/mol. The van der Waals surface area contributed by atoms with E-state index in [-0.39, 0.29) is 0 Å². The van der Waals surface area contributed by atoms with Crippen LogP contribution in [0, 0.1) is 0 Å². The van der Waals surface area contributed by atoms with Crippen LogP contribution in [0.15, 0.2) is 164 Å². The van der Waals surface area contributed by atoms with E-state index in [0.29, 0.717) is 17.6 Å². The summed E-state index contributed by atoms with van der Waals surface area (Å²) in [6, 6.07) is 51.1. The third kappa shape index (κ3) is 4.59. The van der Waals surface area contributed by atoms with Gasteiger partial charge in [0.05, 0.1) is 22.1 Å². The molecular formula is C45H31N5. The quantitative estimate of drug-likeness (QED) is 0.188. The number of nitrogens with zero attached hydrogens (tertiary/aromatic N) is 5. The average Bonchev–Trinajstić information content (AvgIpc) is 3.70. The first kappa shape index (κ1) is 28.4. The van der Waals surface area contributed by atoms with Crippen molar-refractivity contribution in [2.45, 2.75) is 12.8 Å². The van der Waals surface area contributed by atoms with Crippen molar-refractivity contribution in [3.63, 3.8) is 0 Å². The van der Waals surface area contributed by atoms with Gasteiger partial charge in [-0.05, 0) is 60.4 Å². The van der Waals surface area contributed by atoms with Crippen molar-refractivity contribution in [3.8, 4) is 39.9 Å². The molecule has 0 saturated carbocycles. The molecule has 6 aromatic carbocycles. The van der Waals surface area contributed by atoms with Crippen LogP contribution >= 0.6 is 0 Å². The van der Waals surface area contributed by atoms with E-state index >= 15 is 0 Å². The predicted octanol–water partition coefficient (Wildman–Crippen LogP) is 11.3. The number of allylic oxidation sites excluding steroid dienone is 4. The van der Waals surface area contributed by atoms with Gasteiger partial charge in [0.15, 0.2) is 11.6 Å². The smallest absolute Gasteiger partial charge is 0.238 e. The second kappa shape index (κ2) is 11.5. The lowest BCUT2D eigenvalue weighted by atomic mass is 10.0. The maximum atomic E-state index is 5.25. The maximum Gasteiger partial charge on any atom is 0.238 e. The van der Waals surface area contributed by atoms with E-state index in [1.54, 1.807) is 0 Å². The van der Waals surface area contributed by atoms with E-state index < -0.39 is 0 Å². The molecule has 0 amide bonds. The Hall–Kier alpha value is -6.59. The summed E-state index contributed by atoms with van der Waals surface area (Å²) in [6.45, 7) is 0. The topological polar surface area (TPSA) is 48.5 Å². The van der Waals surface area contributed by atoms with Crippen LogP contribution in [0.4, 0.5) is 0 Å². The number of rotatable bonds is 5. The van der Waals surface area contributed by atoms with Gasteiger partial charge in [0.2, 0.25) is 5.95 Å². The second-order valence-electron chi connectivity index (χ2n) is 12.8. The molecule has 0 spiro atoms. The summed E-state index contributed by atoms with van der Waals surface area (Å²) >= 11 is 0. The summed E-state index contributed by atoms with van der Waals surface area (Å²) < 4.78 is 4.67. The van der Waals surface area contributed by atoms with E-state index in [1.807, 2.05) is 24.3 Å². The minimum atomic E-state index is 0.591. The van der Waals surface area contributed by atoms with Gasteiger partial charge in [0.1, 0.15) is 0 Å². The molecule has 1 aliphatic carbocycles. The third-order valence-corrected chi connectivity index (χ3v) is 9.83. The average molecular weight is 642 g/mol. The van der Waals surface area contributed by atoms with Crippen LogP contribution in [0.5, 0.6) is 0 Å². The van der Waals surface area contributed by atoms with Crippen LogP contribution in [0.2, 0.25) is 0 Å². The van der Waals surface area contributed by atoms with Gasteiger partial charge in [-0.1, -0.05) is 127 Å². The second-order valence-corrected chi connectivity index (χ2v) is 12.8. The van der Waals surface area contributed by atoms with E-state index in [0.717, 1.165) is 51.5 Å². The van der Waals surface area contributed by atoms with Crippen LogP contribution in [0.1, 0.15) is 12.8 Å². The van der Waals surface area contributed by atoms with Gasteiger partial charge in [-0.25, -0.2) is 4.98 Å². The molecule has 0 unspecified atom stereocenters. The molecule has 0 aliphatic heterocycles. The van der Waals surface area contributed by atoms with Gasteiger partial charge in [-0.3, -0.25) is 4.57 Å². The molecule has 50 heavy (non-hydrogen) atoms. The van der Waals surface area contributed by atoms with Gasteiger partial charge < -0.3 is 4.57 Å². The summed E-state index contributed by atoms with van der Waals surface area (Å²) in [7, 11) is 0. The Kier molecular flexibility index (Phi) is 6.56. The Bertz CT molecular complexity index is 2800. The largest absolute Gasteiger partial charge is 0.313 e. The molecule has 0 N–H and O–H groups in total. The molecule has 5 nitrogen and oxygen atoms in total. The molecule has 0 fully saturated rings. The number of aromatic nitrogens is 5. The first-order chi connectivity index (χ1) is 24.8. The highest BCUT2D eigenvalue weighted by Crippen LogP contribution is 2.40. The van der Waals surface area contributed by atoms with Gasteiger partial charge in [-0.2, -0.15) is 9.97 Å². The molecular weight excluding hydrogens is 611 g/mol. The molecule has 5 heteroatoms. The summed E-state index contributed by atoms with van der Waals surface area (Å²) in [5.74, 6) is 1.86. The number of benzene rings is 6. The van der Waals surface area contributed by atoms with Crippen LogP contribution in [-0.2, 0) is 0 Å². The number of hydrogen-bond donors (Lipinski definition) is 0. The Morgan fingerprint density at radius 1 is 0.420 bits per heavy atom. The zero-order chi connectivity index (χ0) is 33.0. The fourth-order valence-electron chi connectivity index (χ4n) is 7.51. The molecule has 0 radical (unpaired) electrons. The van der Waals surface area contributed by atoms with Gasteiger partial charge >= 0.3 is 0 Å². The summed E-state index contributed by atoms with van der Waals surface area (Å²) in [5.41, 5.74) is 10.0. The lowest BCUT2D eigenvalue weighted by Crippen LogP contribution is -2.06. The van der Waals surface area contributed by atoms with Gasteiger partial charge in [0.25, 0.3) is 0 Å². The van der Waals surface area contributed by atoms with Crippen molar-refractivity contribution in [3.05, 3.63) is 164 Å². The lowest BCUT2D eigenvalue weighted by molar-refractivity contribution is 0.953. The van der Waals surface area contributed by atoms with Gasteiger partial charge in [0, 0.05) is 38.4 Å². The maximum absolute atomic E-state index is 5.25. The van der Waals surface area contributed by atoms with Crippen molar-refractivity contribution in [1.82, 2.24) is 24.1 Å². The number of hydrogen-bond acceptors (Lipinski definition) is 3. The van der Waals surface area contributed by atoms with Crippen molar-refractivity contribution >= 4 is 49.3 Å². The Balaban J connectivity index is 1.26. The van der Waals surface area contributed by atoms with Crippen molar-refractivity contribution in [1.29, 1.82) is 0 Å². The zero-order valence-corrected chi connectivity index (χ0v) is 27.2. The van der Waals surface area contributed by atoms with Crippen molar-refractivity contribution < 1.29 is 0 Å². The van der Waals surface area contributed by atoms with Crippen LogP contribution in [0.25, 0.3) is 89.2 Å². The first-order valence-corrected chi connectivity index (χ1v) is 17.1. The lowest BCUT2D eigenvalue weighted by Gasteiger charge is -2.14. The zero-order valence-electron chi connectivity index (χ0n) is 27.2. The minimum absolute atomic E-state index is 0.591. The Morgan fingerprint density at radius 3 is 1.66 bits per heavy atom. The van der Waals surface area contributed by atoms with E-state index in [2.05, 4.69) is 149 Å². The van der Waals surface area contributed by atoms with E-state index in [4.69, 9.17) is 15.0 Å². The molecule has 3 aromatic heterocycles. The highest BCUT2D eigenvalue weighted by molar-refractivity contribution is 6.19. The fourth-order valence-corrected chi connectivity index (χ4v) is 7.51. The van der Waals surface area contributed by atoms with E-state index in [1.165, 1.54) is 32.9 Å². The SMILES string of the molecule is C1=CCCC(n2c3ccccc3c3cc4c(cc32)c2ccccc2n4-c2nc(-c3ccccc3)nc(-c3cccc(-c4ccccc4)c3)n2)=C1. The Labute approximate surface area is 289 Å². The highest BCUT2D eigenvalue weighted by Gasteiger charge is 2.21. The normalized spacial score (nSPS) is 13.1. The van der Waals surface area contributed by atoms with Gasteiger partial charge in [-0.15, -0.1) is 0 Å². The minimum Gasteiger partial charge on any atom is -0.313 e. The summed E-state index contributed by atoms with van der Waals surface area (Å²) in [5, 5.41) is 4.77. The molecule has 0 atom stereocenters. The molecule has 236 valence electrons. The molecule has 3 heterocycles. The highest BCUT2D eigenvalue weighted by atomic mass is 15.2. The Morgan fingerprint density at radius 2 is 0.980 bits per heavy atom. The van der Waals surface area contributed by atoms with Crippen LogP contribution in [0.3, 0.4) is 0 Å². The van der Waals surface area contributed by atoms with Crippen LogP contribution < -0.4 is 0 Å². The number of fused-ring (bicyclic) bond motifs is 6. The molecule has 0 saturated heterocycles.